The minimum absolute atomic E-state index is 0.200. The molecule has 11 heteroatoms. The lowest BCUT2D eigenvalue weighted by Crippen LogP contribution is -2.19. The van der Waals surface area contributed by atoms with Gasteiger partial charge in [-0.1, -0.05) is 0 Å². The lowest BCUT2D eigenvalue weighted by Gasteiger charge is -2.15. The average Bonchev–Trinajstić information content (AvgIpc) is 3.43. The number of pyridine rings is 2. The molecule has 1 atom stereocenters. The molecule has 0 unspecified atom stereocenters. The van der Waals surface area contributed by atoms with Crippen LogP contribution in [-0.2, 0) is 9.47 Å². The first-order chi connectivity index (χ1) is 18.4. The summed E-state index contributed by atoms with van der Waals surface area (Å²) in [7, 11) is 2.87. The number of nitrogens with zero attached hydrogens (tertiary/aromatic N) is 3. The van der Waals surface area contributed by atoms with Crippen LogP contribution in [-0.4, -0.2) is 66.2 Å². The summed E-state index contributed by atoms with van der Waals surface area (Å²) < 4.78 is 24.0. The van der Waals surface area contributed by atoms with E-state index in [1.165, 1.54) is 50.4 Å². The molecule has 1 aromatic carbocycles. The van der Waals surface area contributed by atoms with E-state index in [9.17, 15) is 9.59 Å². The number of carbonyl (C=O) groups excluding carboxylic acids is 2. The van der Waals surface area contributed by atoms with E-state index in [1.807, 2.05) is 31.2 Å². The summed E-state index contributed by atoms with van der Waals surface area (Å²) in [5, 5.41) is 2.71. The van der Waals surface area contributed by atoms with Gasteiger partial charge in [0.1, 0.15) is 17.7 Å². The zero-order valence-electron chi connectivity index (χ0n) is 21.5. The van der Waals surface area contributed by atoms with Crippen LogP contribution in [0.5, 0.6) is 17.5 Å². The first-order valence-corrected chi connectivity index (χ1v) is 12.9. The highest BCUT2D eigenvalue weighted by atomic mass is 32.2. The van der Waals surface area contributed by atoms with E-state index in [4.69, 9.17) is 14.2 Å². The number of anilines is 1. The monoisotopic (exact) mass is 538 g/mol. The van der Waals surface area contributed by atoms with Crippen molar-refractivity contribution < 1.29 is 28.5 Å². The number of hydrogen-bond acceptors (Lipinski definition) is 10. The second-order valence-electron chi connectivity index (χ2n) is 8.59. The van der Waals surface area contributed by atoms with Crippen molar-refractivity contribution in [3.8, 4) is 17.5 Å². The minimum atomic E-state index is -0.513. The van der Waals surface area contributed by atoms with Crippen molar-refractivity contribution >= 4 is 29.6 Å². The van der Waals surface area contributed by atoms with Crippen LogP contribution < -0.4 is 14.8 Å². The molecule has 0 radical (unpaired) electrons. The van der Waals surface area contributed by atoms with Crippen molar-refractivity contribution in [2.24, 2.45) is 0 Å². The SMILES string of the molecule is COC[C@@H](C)Oc1cc(C(=O)Nc2ccc(C(=O)OC)cn2)cc(Oc2ccc(SN3CCCC3)cc2)n1. The molecular weight excluding hydrogens is 508 g/mol. The number of aromatic nitrogens is 2. The summed E-state index contributed by atoms with van der Waals surface area (Å²) in [5.74, 6) is 0.303. The Morgan fingerprint density at radius 2 is 1.76 bits per heavy atom. The normalized spacial score (nSPS) is 14.1. The maximum absolute atomic E-state index is 13.1. The lowest BCUT2D eigenvalue weighted by atomic mass is 10.2. The molecule has 1 aliphatic rings. The standard InChI is InChI=1S/C27H30N4O6S/c1-18(17-34-2)36-24-14-20(26(32)29-23-11-6-19(16-28-23)27(33)35-3)15-25(30-24)37-21-7-9-22(10-8-21)38-31-12-4-5-13-31/h6-11,14-16,18H,4-5,12-13,17H2,1-3H3,(H,28,29,32)/t18-/m1/s1. The average molecular weight is 539 g/mol. The van der Waals surface area contributed by atoms with Crippen molar-refractivity contribution in [2.45, 2.75) is 30.8 Å². The Labute approximate surface area is 225 Å². The van der Waals surface area contributed by atoms with Crippen molar-refractivity contribution in [3.63, 3.8) is 0 Å². The number of hydrogen-bond donors (Lipinski definition) is 1. The van der Waals surface area contributed by atoms with Gasteiger partial charge in [0.2, 0.25) is 11.8 Å². The molecule has 0 bridgehead atoms. The quantitative estimate of drug-likeness (QED) is 0.269. The summed E-state index contributed by atoms with van der Waals surface area (Å²) in [6.45, 7) is 4.37. The number of benzene rings is 1. The van der Waals surface area contributed by atoms with Gasteiger partial charge in [-0.05, 0) is 68.1 Å². The number of methoxy groups -OCH3 is 2. The van der Waals surface area contributed by atoms with Crippen molar-refractivity contribution in [1.82, 2.24) is 14.3 Å². The molecular formula is C27H30N4O6S. The number of esters is 1. The summed E-state index contributed by atoms with van der Waals surface area (Å²) in [4.78, 5) is 34.3. The molecule has 2 aromatic heterocycles. The van der Waals surface area contributed by atoms with Crippen LogP contribution in [0.15, 0.2) is 59.6 Å². The van der Waals surface area contributed by atoms with Crippen LogP contribution in [0.3, 0.4) is 0 Å². The van der Waals surface area contributed by atoms with Gasteiger partial charge in [0.05, 0.1) is 24.8 Å². The zero-order valence-corrected chi connectivity index (χ0v) is 22.3. The Kier molecular flexibility index (Phi) is 9.52. The zero-order chi connectivity index (χ0) is 26.9. The Morgan fingerprint density at radius 1 is 1.03 bits per heavy atom. The molecule has 38 heavy (non-hydrogen) atoms. The van der Waals surface area contributed by atoms with Gasteiger partial charge < -0.3 is 24.3 Å². The van der Waals surface area contributed by atoms with Gasteiger partial charge in [-0.15, -0.1) is 0 Å². The van der Waals surface area contributed by atoms with Crippen LogP contribution >= 0.6 is 11.9 Å². The predicted molar refractivity (Wildman–Crippen MR) is 143 cm³/mol. The number of ether oxygens (including phenoxy) is 4. The molecule has 10 nitrogen and oxygen atoms in total. The van der Waals surface area contributed by atoms with E-state index >= 15 is 0 Å². The number of amides is 1. The van der Waals surface area contributed by atoms with E-state index in [1.54, 1.807) is 19.1 Å². The van der Waals surface area contributed by atoms with Crippen LogP contribution in [0.25, 0.3) is 0 Å². The van der Waals surface area contributed by atoms with Gasteiger partial charge >= 0.3 is 5.97 Å². The van der Waals surface area contributed by atoms with Crippen LogP contribution in [0.1, 0.15) is 40.5 Å². The second-order valence-corrected chi connectivity index (χ2v) is 9.77. The molecule has 3 heterocycles. The smallest absolute Gasteiger partial charge is 0.339 e. The van der Waals surface area contributed by atoms with Gasteiger partial charge in [-0.25, -0.2) is 14.1 Å². The van der Waals surface area contributed by atoms with Crippen molar-refractivity contribution in [3.05, 3.63) is 65.9 Å². The Bertz CT molecular complexity index is 1230. The molecule has 1 amide bonds. The molecule has 1 saturated heterocycles. The van der Waals surface area contributed by atoms with Crippen molar-refractivity contribution in [2.75, 3.05) is 39.2 Å². The molecule has 1 fully saturated rings. The molecule has 0 spiro atoms. The Hall–Kier alpha value is -3.67. The van der Waals surface area contributed by atoms with Gasteiger partial charge in [0, 0.05) is 43.4 Å². The van der Waals surface area contributed by atoms with Crippen LogP contribution in [0.2, 0.25) is 0 Å². The molecule has 1 N–H and O–H groups in total. The molecule has 0 aliphatic carbocycles. The highest BCUT2D eigenvalue weighted by Gasteiger charge is 2.16. The van der Waals surface area contributed by atoms with Crippen molar-refractivity contribution in [1.29, 1.82) is 0 Å². The van der Waals surface area contributed by atoms with Gasteiger partial charge in [0.25, 0.3) is 5.91 Å². The van der Waals surface area contributed by atoms with Crippen LogP contribution in [0, 0.1) is 0 Å². The number of carbonyl (C=O) groups is 2. The highest BCUT2D eigenvalue weighted by molar-refractivity contribution is 7.97. The topological polar surface area (TPSA) is 112 Å². The number of nitrogens with one attached hydrogen (secondary N) is 1. The third-order valence-electron chi connectivity index (χ3n) is 5.54. The van der Waals surface area contributed by atoms with Gasteiger partial charge in [-0.3, -0.25) is 4.79 Å². The third kappa shape index (κ3) is 7.67. The molecule has 4 rings (SSSR count). The van der Waals surface area contributed by atoms with Crippen LogP contribution in [0.4, 0.5) is 5.82 Å². The fourth-order valence-electron chi connectivity index (χ4n) is 3.71. The Balaban J connectivity index is 1.50. The van der Waals surface area contributed by atoms with E-state index < -0.39 is 11.9 Å². The first-order valence-electron chi connectivity index (χ1n) is 12.2. The summed E-state index contributed by atoms with van der Waals surface area (Å²) >= 11 is 1.74. The second kappa shape index (κ2) is 13.2. The summed E-state index contributed by atoms with van der Waals surface area (Å²) in [6, 6.07) is 13.8. The third-order valence-corrected chi connectivity index (χ3v) is 6.64. The minimum Gasteiger partial charge on any atom is -0.472 e. The Morgan fingerprint density at radius 3 is 2.42 bits per heavy atom. The molecule has 1 aliphatic heterocycles. The highest BCUT2D eigenvalue weighted by Crippen LogP contribution is 2.30. The summed E-state index contributed by atoms with van der Waals surface area (Å²) in [5.41, 5.74) is 0.535. The fourth-order valence-corrected chi connectivity index (χ4v) is 4.71. The van der Waals surface area contributed by atoms with E-state index in [-0.39, 0.29) is 34.8 Å². The predicted octanol–water partition coefficient (Wildman–Crippen LogP) is 4.82. The largest absolute Gasteiger partial charge is 0.472 e. The maximum atomic E-state index is 13.1. The van der Waals surface area contributed by atoms with Gasteiger partial charge in [0.15, 0.2) is 0 Å². The van der Waals surface area contributed by atoms with E-state index in [0.29, 0.717) is 12.4 Å². The molecule has 3 aromatic rings. The maximum Gasteiger partial charge on any atom is 0.339 e. The van der Waals surface area contributed by atoms with E-state index in [0.717, 1.165) is 18.0 Å². The van der Waals surface area contributed by atoms with E-state index in [2.05, 4.69) is 24.3 Å². The first kappa shape index (κ1) is 27.4. The number of rotatable bonds is 11. The molecule has 200 valence electrons. The molecule has 0 saturated carbocycles. The van der Waals surface area contributed by atoms with Gasteiger partial charge in [-0.2, -0.15) is 4.98 Å². The lowest BCUT2D eigenvalue weighted by molar-refractivity contribution is 0.0600. The fraction of sp³-hybridized carbons (Fsp3) is 0.333. The summed E-state index contributed by atoms with van der Waals surface area (Å²) in [6.07, 6.45) is 3.49.